The topological polar surface area (TPSA) is 47.6 Å². The quantitative estimate of drug-likeness (QED) is 0.748. The van der Waals surface area contributed by atoms with Crippen molar-refractivity contribution in [1.82, 2.24) is 0 Å². The van der Waals surface area contributed by atoms with Crippen LogP contribution in [0.15, 0.2) is 48.5 Å². The molecule has 2 aromatic rings. The molecule has 25 heavy (non-hydrogen) atoms. The number of carbonyl (C=O) groups excluding carboxylic acids is 1. The molecule has 0 spiro atoms. The number of benzene rings is 2. The van der Waals surface area contributed by atoms with Gasteiger partial charge in [0.25, 0.3) is 5.91 Å². The average molecular weight is 341 g/mol. The largest absolute Gasteiger partial charge is 0.493 e. The first-order valence-electron chi connectivity index (χ1n) is 8.75. The van der Waals surface area contributed by atoms with Gasteiger partial charge in [-0.2, -0.15) is 0 Å². The van der Waals surface area contributed by atoms with E-state index in [1.807, 2.05) is 62.4 Å². The predicted molar refractivity (Wildman–Crippen MR) is 101 cm³/mol. The van der Waals surface area contributed by atoms with E-state index >= 15 is 0 Å². The van der Waals surface area contributed by atoms with E-state index < -0.39 is 6.10 Å². The van der Waals surface area contributed by atoms with Crippen LogP contribution in [-0.4, -0.2) is 18.6 Å². The van der Waals surface area contributed by atoms with Gasteiger partial charge in [0.05, 0.1) is 6.61 Å². The van der Waals surface area contributed by atoms with Crippen LogP contribution in [-0.2, 0) is 4.79 Å². The molecule has 0 saturated heterocycles. The molecule has 0 fully saturated rings. The normalized spacial score (nSPS) is 11.9. The van der Waals surface area contributed by atoms with Crippen LogP contribution in [0.4, 0.5) is 5.69 Å². The summed E-state index contributed by atoms with van der Waals surface area (Å²) in [7, 11) is 0. The number of nitrogens with one attached hydrogen (secondary N) is 1. The summed E-state index contributed by atoms with van der Waals surface area (Å²) in [6.07, 6.45) is 0.0644. The van der Waals surface area contributed by atoms with E-state index in [0.717, 1.165) is 17.0 Å². The van der Waals surface area contributed by atoms with Crippen molar-refractivity contribution in [2.24, 2.45) is 5.92 Å². The monoisotopic (exact) mass is 341 g/mol. The second kappa shape index (κ2) is 9.11. The summed E-state index contributed by atoms with van der Waals surface area (Å²) in [6.45, 7) is 8.83. The summed E-state index contributed by atoms with van der Waals surface area (Å²) in [4.78, 5) is 12.4. The fraction of sp³-hybridized carbons (Fsp3) is 0.381. The van der Waals surface area contributed by atoms with Gasteiger partial charge < -0.3 is 14.8 Å². The number of amides is 1. The standard InChI is InChI=1S/C21H27NO3/c1-5-20(25-19-10-6-16(4)7-11-19)21(23)22-17-8-12-18(13-9-17)24-14-15(2)3/h6-13,15,20H,5,14H2,1-4H3,(H,22,23)/t20-/m1/s1. The first kappa shape index (κ1) is 18.8. The first-order chi connectivity index (χ1) is 12.0. The summed E-state index contributed by atoms with van der Waals surface area (Å²) in [6, 6.07) is 15.1. The minimum Gasteiger partial charge on any atom is -0.493 e. The molecule has 0 heterocycles. The molecule has 0 aromatic heterocycles. The van der Waals surface area contributed by atoms with Crippen molar-refractivity contribution >= 4 is 11.6 Å². The van der Waals surface area contributed by atoms with Gasteiger partial charge in [-0.1, -0.05) is 38.5 Å². The number of ether oxygens (including phenoxy) is 2. The van der Waals surface area contributed by atoms with Crippen LogP contribution in [0.2, 0.25) is 0 Å². The molecule has 0 aliphatic rings. The zero-order valence-corrected chi connectivity index (χ0v) is 15.4. The van der Waals surface area contributed by atoms with Crippen LogP contribution in [0.1, 0.15) is 32.8 Å². The fourth-order valence-electron chi connectivity index (χ4n) is 2.22. The lowest BCUT2D eigenvalue weighted by Crippen LogP contribution is -2.32. The summed E-state index contributed by atoms with van der Waals surface area (Å²) in [5, 5.41) is 2.90. The van der Waals surface area contributed by atoms with Gasteiger partial charge in [-0.15, -0.1) is 0 Å². The number of aryl methyl sites for hydroxylation is 1. The molecule has 1 atom stereocenters. The van der Waals surface area contributed by atoms with Gasteiger partial charge in [0, 0.05) is 5.69 Å². The highest BCUT2D eigenvalue weighted by molar-refractivity contribution is 5.94. The van der Waals surface area contributed by atoms with Crippen molar-refractivity contribution < 1.29 is 14.3 Å². The SMILES string of the molecule is CC[C@@H](Oc1ccc(C)cc1)C(=O)Nc1ccc(OCC(C)C)cc1. The molecule has 0 aliphatic heterocycles. The molecule has 0 radical (unpaired) electrons. The minimum absolute atomic E-state index is 0.154. The summed E-state index contributed by atoms with van der Waals surface area (Å²) < 4.78 is 11.5. The van der Waals surface area contributed by atoms with Crippen molar-refractivity contribution in [3.63, 3.8) is 0 Å². The van der Waals surface area contributed by atoms with E-state index in [1.54, 1.807) is 0 Å². The average Bonchev–Trinajstić information content (AvgIpc) is 2.60. The van der Waals surface area contributed by atoms with E-state index in [9.17, 15) is 4.79 Å². The van der Waals surface area contributed by atoms with Crippen LogP contribution in [0, 0.1) is 12.8 Å². The third kappa shape index (κ3) is 6.14. The predicted octanol–water partition coefficient (Wildman–Crippen LogP) is 4.83. The van der Waals surface area contributed by atoms with Crippen molar-refractivity contribution in [1.29, 1.82) is 0 Å². The van der Waals surface area contributed by atoms with Gasteiger partial charge >= 0.3 is 0 Å². The Balaban J connectivity index is 1.93. The molecule has 0 saturated carbocycles. The van der Waals surface area contributed by atoms with Gasteiger partial charge in [0.2, 0.25) is 0 Å². The Morgan fingerprint density at radius 3 is 2.16 bits per heavy atom. The Labute approximate surface area is 150 Å². The van der Waals surface area contributed by atoms with Crippen molar-refractivity contribution in [3.8, 4) is 11.5 Å². The molecule has 1 N–H and O–H groups in total. The summed E-state index contributed by atoms with van der Waals surface area (Å²) >= 11 is 0. The third-order valence-electron chi connectivity index (χ3n) is 3.67. The second-order valence-electron chi connectivity index (χ2n) is 6.55. The van der Waals surface area contributed by atoms with Gasteiger partial charge in [-0.3, -0.25) is 4.79 Å². The Morgan fingerprint density at radius 2 is 1.60 bits per heavy atom. The van der Waals surface area contributed by atoms with E-state index in [4.69, 9.17) is 9.47 Å². The Morgan fingerprint density at radius 1 is 1.00 bits per heavy atom. The number of rotatable bonds is 8. The second-order valence-corrected chi connectivity index (χ2v) is 6.55. The van der Waals surface area contributed by atoms with E-state index in [2.05, 4.69) is 19.2 Å². The van der Waals surface area contributed by atoms with Gasteiger partial charge in [-0.05, 0) is 55.7 Å². The summed E-state index contributed by atoms with van der Waals surface area (Å²) in [5.74, 6) is 1.82. The van der Waals surface area contributed by atoms with Crippen molar-refractivity contribution in [2.45, 2.75) is 40.2 Å². The molecule has 0 bridgehead atoms. The Hall–Kier alpha value is -2.49. The highest BCUT2D eigenvalue weighted by Crippen LogP contribution is 2.19. The van der Waals surface area contributed by atoms with Crippen LogP contribution in [0.5, 0.6) is 11.5 Å². The number of hydrogen-bond donors (Lipinski definition) is 1. The third-order valence-corrected chi connectivity index (χ3v) is 3.67. The minimum atomic E-state index is -0.528. The molecule has 0 aliphatic carbocycles. The molecular weight excluding hydrogens is 314 g/mol. The molecule has 0 unspecified atom stereocenters. The lowest BCUT2D eigenvalue weighted by Gasteiger charge is -2.17. The van der Waals surface area contributed by atoms with Crippen molar-refractivity contribution in [2.75, 3.05) is 11.9 Å². The van der Waals surface area contributed by atoms with Crippen LogP contribution in [0.3, 0.4) is 0 Å². The van der Waals surface area contributed by atoms with Crippen molar-refractivity contribution in [3.05, 3.63) is 54.1 Å². The molecule has 2 rings (SSSR count). The molecule has 134 valence electrons. The Bertz CT molecular complexity index is 663. The van der Waals surface area contributed by atoms with Crippen LogP contribution < -0.4 is 14.8 Å². The maximum absolute atomic E-state index is 12.4. The van der Waals surface area contributed by atoms with E-state index in [-0.39, 0.29) is 5.91 Å². The maximum atomic E-state index is 12.4. The fourth-order valence-corrected chi connectivity index (χ4v) is 2.22. The van der Waals surface area contributed by atoms with Crippen LogP contribution >= 0.6 is 0 Å². The molecule has 4 heteroatoms. The zero-order valence-electron chi connectivity index (χ0n) is 15.4. The number of hydrogen-bond acceptors (Lipinski definition) is 3. The molecular formula is C21H27NO3. The Kier molecular flexibility index (Phi) is 6.87. The van der Waals surface area contributed by atoms with E-state index in [1.165, 1.54) is 0 Å². The lowest BCUT2D eigenvalue weighted by molar-refractivity contribution is -0.122. The van der Waals surface area contributed by atoms with E-state index in [0.29, 0.717) is 24.7 Å². The number of anilines is 1. The molecule has 2 aromatic carbocycles. The highest BCUT2D eigenvalue weighted by Gasteiger charge is 2.18. The molecule has 1 amide bonds. The number of carbonyl (C=O) groups is 1. The zero-order chi connectivity index (χ0) is 18.2. The first-order valence-corrected chi connectivity index (χ1v) is 8.75. The lowest BCUT2D eigenvalue weighted by atomic mass is 10.2. The van der Waals surface area contributed by atoms with Gasteiger partial charge in [0.15, 0.2) is 6.10 Å². The maximum Gasteiger partial charge on any atom is 0.265 e. The van der Waals surface area contributed by atoms with Crippen LogP contribution in [0.25, 0.3) is 0 Å². The highest BCUT2D eigenvalue weighted by atomic mass is 16.5. The smallest absolute Gasteiger partial charge is 0.265 e. The molecule has 4 nitrogen and oxygen atoms in total. The van der Waals surface area contributed by atoms with Gasteiger partial charge in [-0.25, -0.2) is 0 Å². The summed E-state index contributed by atoms with van der Waals surface area (Å²) in [5.41, 5.74) is 1.89. The van der Waals surface area contributed by atoms with Gasteiger partial charge in [0.1, 0.15) is 11.5 Å².